The molecule has 0 unspecified atom stereocenters. The molecule has 1 aromatic heterocycles. The number of rotatable bonds is 2. The van der Waals surface area contributed by atoms with Gasteiger partial charge in [-0.05, 0) is 12.8 Å². The topological polar surface area (TPSA) is 17.8 Å². The van der Waals surface area contributed by atoms with Crippen LogP contribution in [0.25, 0.3) is 0 Å². The van der Waals surface area contributed by atoms with Gasteiger partial charge in [0.2, 0.25) is 0 Å². The van der Waals surface area contributed by atoms with Crippen molar-refractivity contribution in [2.45, 2.75) is 51.5 Å². The lowest BCUT2D eigenvalue weighted by Gasteiger charge is -2.16. The first-order valence-electron chi connectivity index (χ1n) is 5.32. The van der Waals surface area contributed by atoms with Gasteiger partial charge in [-0.2, -0.15) is 0 Å². The minimum Gasteiger partial charge on any atom is -0.332 e. The monoisotopic (exact) mass is 178 g/mol. The zero-order valence-electron chi connectivity index (χ0n) is 8.53. The molecule has 13 heavy (non-hydrogen) atoms. The smallest absolute Gasteiger partial charge is 0.111 e. The fourth-order valence-corrected chi connectivity index (χ4v) is 2.26. The van der Waals surface area contributed by atoms with Crippen LogP contribution in [0, 0.1) is 0 Å². The molecule has 0 aliphatic heterocycles. The van der Waals surface area contributed by atoms with Gasteiger partial charge in [0.25, 0.3) is 0 Å². The second-order valence-electron chi connectivity index (χ2n) is 4.29. The maximum Gasteiger partial charge on any atom is 0.111 e. The Hall–Kier alpha value is -0.790. The molecular weight excluding hydrogens is 160 g/mol. The van der Waals surface area contributed by atoms with Gasteiger partial charge in [0, 0.05) is 24.4 Å². The molecule has 2 heteroatoms. The summed E-state index contributed by atoms with van der Waals surface area (Å²) in [6.45, 7) is 4.43. The highest BCUT2D eigenvalue weighted by Crippen LogP contribution is 2.31. The molecule has 0 radical (unpaired) electrons. The van der Waals surface area contributed by atoms with Gasteiger partial charge in [-0.15, -0.1) is 0 Å². The van der Waals surface area contributed by atoms with Gasteiger partial charge in [-0.3, -0.25) is 0 Å². The zero-order chi connectivity index (χ0) is 9.26. The molecule has 72 valence electrons. The Morgan fingerprint density at radius 1 is 1.38 bits per heavy atom. The van der Waals surface area contributed by atoms with Gasteiger partial charge in [0.05, 0.1) is 0 Å². The van der Waals surface area contributed by atoms with Crippen LogP contribution < -0.4 is 0 Å². The van der Waals surface area contributed by atoms with Crippen molar-refractivity contribution >= 4 is 0 Å². The zero-order valence-corrected chi connectivity index (χ0v) is 8.53. The SMILES string of the molecule is CC(C)c1nccn1C1CCCC1. The normalized spacial score (nSPS) is 18.7. The molecule has 0 spiro atoms. The predicted molar refractivity (Wildman–Crippen MR) is 53.8 cm³/mol. The van der Waals surface area contributed by atoms with E-state index in [0.29, 0.717) is 5.92 Å². The molecule has 1 heterocycles. The molecule has 0 aromatic carbocycles. The quantitative estimate of drug-likeness (QED) is 0.680. The van der Waals surface area contributed by atoms with E-state index in [1.54, 1.807) is 0 Å². The van der Waals surface area contributed by atoms with Crippen molar-refractivity contribution in [3.8, 4) is 0 Å². The van der Waals surface area contributed by atoms with Crippen LogP contribution in [0.1, 0.15) is 57.3 Å². The number of nitrogens with zero attached hydrogens (tertiary/aromatic N) is 2. The Morgan fingerprint density at radius 2 is 2.08 bits per heavy atom. The lowest BCUT2D eigenvalue weighted by molar-refractivity contribution is 0.486. The van der Waals surface area contributed by atoms with E-state index in [1.807, 2.05) is 6.20 Å². The van der Waals surface area contributed by atoms with E-state index in [1.165, 1.54) is 31.5 Å². The molecule has 1 fully saturated rings. The molecule has 1 aliphatic rings. The average molecular weight is 178 g/mol. The molecule has 2 rings (SSSR count). The lowest BCUT2D eigenvalue weighted by atomic mass is 10.2. The molecule has 1 saturated carbocycles. The standard InChI is InChI=1S/C11H18N2/c1-9(2)11-12-7-8-13(11)10-5-3-4-6-10/h7-10H,3-6H2,1-2H3. The third-order valence-electron chi connectivity index (χ3n) is 2.93. The summed E-state index contributed by atoms with van der Waals surface area (Å²) in [6, 6.07) is 0.736. The van der Waals surface area contributed by atoms with E-state index >= 15 is 0 Å². The molecule has 0 saturated heterocycles. The minimum atomic E-state index is 0.551. The molecule has 0 atom stereocenters. The Balaban J connectivity index is 2.23. The van der Waals surface area contributed by atoms with Crippen molar-refractivity contribution < 1.29 is 0 Å². The van der Waals surface area contributed by atoms with E-state index in [0.717, 1.165) is 6.04 Å². The molecule has 0 N–H and O–H groups in total. The van der Waals surface area contributed by atoms with E-state index < -0.39 is 0 Å². The third-order valence-corrected chi connectivity index (χ3v) is 2.93. The Bertz CT molecular complexity index is 269. The summed E-state index contributed by atoms with van der Waals surface area (Å²) in [5.74, 6) is 1.81. The number of imidazole rings is 1. The highest BCUT2D eigenvalue weighted by Gasteiger charge is 2.19. The molecule has 1 aliphatic carbocycles. The van der Waals surface area contributed by atoms with E-state index in [2.05, 4.69) is 29.6 Å². The summed E-state index contributed by atoms with van der Waals surface area (Å²) in [6.07, 6.45) is 9.55. The first-order valence-corrected chi connectivity index (χ1v) is 5.32. The van der Waals surface area contributed by atoms with E-state index in [-0.39, 0.29) is 0 Å². The maximum absolute atomic E-state index is 4.42. The number of hydrogen-bond acceptors (Lipinski definition) is 1. The van der Waals surface area contributed by atoms with Crippen molar-refractivity contribution in [3.05, 3.63) is 18.2 Å². The summed E-state index contributed by atoms with van der Waals surface area (Å²) >= 11 is 0. The van der Waals surface area contributed by atoms with Crippen molar-refractivity contribution in [2.24, 2.45) is 0 Å². The van der Waals surface area contributed by atoms with Crippen LogP contribution in [0.4, 0.5) is 0 Å². The summed E-state index contributed by atoms with van der Waals surface area (Å²) in [7, 11) is 0. The summed E-state index contributed by atoms with van der Waals surface area (Å²) < 4.78 is 2.39. The first-order chi connectivity index (χ1) is 6.29. The van der Waals surface area contributed by atoms with Gasteiger partial charge in [0.1, 0.15) is 5.82 Å². The Kier molecular flexibility index (Phi) is 2.38. The fraction of sp³-hybridized carbons (Fsp3) is 0.727. The van der Waals surface area contributed by atoms with Crippen molar-refractivity contribution in [2.75, 3.05) is 0 Å². The largest absolute Gasteiger partial charge is 0.332 e. The third kappa shape index (κ3) is 1.62. The summed E-state index contributed by atoms with van der Waals surface area (Å²) in [4.78, 5) is 4.42. The van der Waals surface area contributed by atoms with Gasteiger partial charge in [-0.25, -0.2) is 4.98 Å². The average Bonchev–Trinajstić information content (AvgIpc) is 2.74. The predicted octanol–water partition coefficient (Wildman–Crippen LogP) is 3.12. The second kappa shape index (κ2) is 3.52. The van der Waals surface area contributed by atoms with E-state index in [9.17, 15) is 0 Å². The van der Waals surface area contributed by atoms with Crippen LogP contribution in [0.5, 0.6) is 0 Å². The molecule has 0 bridgehead atoms. The number of aromatic nitrogens is 2. The van der Waals surface area contributed by atoms with Gasteiger partial charge >= 0.3 is 0 Å². The van der Waals surface area contributed by atoms with Gasteiger partial charge in [-0.1, -0.05) is 26.7 Å². The van der Waals surface area contributed by atoms with Crippen LogP contribution in [-0.2, 0) is 0 Å². The van der Waals surface area contributed by atoms with Crippen molar-refractivity contribution in [1.29, 1.82) is 0 Å². The van der Waals surface area contributed by atoms with Crippen LogP contribution in [0.2, 0.25) is 0 Å². The molecule has 1 aromatic rings. The van der Waals surface area contributed by atoms with Crippen LogP contribution in [-0.4, -0.2) is 9.55 Å². The van der Waals surface area contributed by atoms with Crippen LogP contribution in [0.15, 0.2) is 12.4 Å². The van der Waals surface area contributed by atoms with E-state index in [4.69, 9.17) is 0 Å². The van der Waals surface area contributed by atoms with Gasteiger partial charge < -0.3 is 4.57 Å². The van der Waals surface area contributed by atoms with Gasteiger partial charge in [0.15, 0.2) is 0 Å². The lowest BCUT2D eigenvalue weighted by Crippen LogP contribution is -2.09. The van der Waals surface area contributed by atoms with Crippen LogP contribution in [0.3, 0.4) is 0 Å². The fourth-order valence-electron chi connectivity index (χ4n) is 2.26. The van der Waals surface area contributed by atoms with Crippen molar-refractivity contribution in [1.82, 2.24) is 9.55 Å². The molecule has 0 amide bonds. The minimum absolute atomic E-state index is 0.551. The Labute approximate surface area is 80.0 Å². The second-order valence-corrected chi connectivity index (χ2v) is 4.29. The maximum atomic E-state index is 4.42. The highest BCUT2D eigenvalue weighted by molar-refractivity contribution is 5.00. The summed E-state index contributed by atoms with van der Waals surface area (Å²) in [5, 5.41) is 0. The Morgan fingerprint density at radius 3 is 2.69 bits per heavy atom. The summed E-state index contributed by atoms with van der Waals surface area (Å²) in [5.41, 5.74) is 0. The number of hydrogen-bond donors (Lipinski definition) is 0. The first kappa shape index (κ1) is 8.79. The molecule has 2 nitrogen and oxygen atoms in total. The highest BCUT2D eigenvalue weighted by atomic mass is 15.1. The van der Waals surface area contributed by atoms with Crippen LogP contribution >= 0.6 is 0 Å². The molecular formula is C11H18N2. The van der Waals surface area contributed by atoms with Crippen molar-refractivity contribution in [3.63, 3.8) is 0 Å².